The van der Waals surface area contributed by atoms with Crippen LogP contribution in [0, 0.1) is 0 Å². The van der Waals surface area contributed by atoms with Crippen LogP contribution in [0.25, 0.3) is 11.4 Å². The van der Waals surface area contributed by atoms with Gasteiger partial charge < -0.3 is 24.2 Å². The number of nitrogens with zero attached hydrogens (tertiary/aromatic N) is 3. The molecule has 0 unspecified atom stereocenters. The van der Waals surface area contributed by atoms with Crippen LogP contribution in [-0.4, -0.2) is 44.0 Å². The third kappa shape index (κ3) is 4.73. The molecule has 0 amide bonds. The quantitative estimate of drug-likeness (QED) is 0.530. The highest BCUT2D eigenvalue weighted by molar-refractivity contribution is 5.66. The lowest BCUT2D eigenvalue weighted by Crippen LogP contribution is -2.25. The summed E-state index contributed by atoms with van der Waals surface area (Å²) in [7, 11) is 3.22. The molecule has 3 aromatic rings. The average Bonchev–Trinajstić information content (AvgIpc) is 3.22. The second-order valence-corrected chi connectivity index (χ2v) is 6.18. The number of nitrogens with one attached hydrogen (secondary N) is 1. The Bertz CT molecular complexity index is 867. The van der Waals surface area contributed by atoms with Crippen molar-refractivity contribution in [3.8, 4) is 22.9 Å². The minimum Gasteiger partial charge on any atom is -0.497 e. The predicted octanol–water partition coefficient (Wildman–Crippen LogP) is 4.08. The van der Waals surface area contributed by atoms with Crippen molar-refractivity contribution in [3.63, 3.8) is 0 Å². The molecule has 3 rings (SSSR count). The lowest BCUT2D eigenvalue weighted by Gasteiger charge is -2.22. The fourth-order valence-corrected chi connectivity index (χ4v) is 2.97. The topological polar surface area (TPSA) is 72.7 Å². The van der Waals surface area contributed by atoms with Crippen LogP contribution in [0.5, 0.6) is 11.5 Å². The molecular formula is C21H26N4O3. The van der Waals surface area contributed by atoms with Crippen LogP contribution in [0.2, 0.25) is 0 Å². The highest BCUT2D eigenvalue weighted by Crippen LogP contribution is 2.32. The Balaban J connectivity index is 1.57. The van der Waals surface area contributed by atoms with Gasteiger partial charge in [-0.1, -0.05) is 23.4 Å². The monoisotopic (exact) mass is 382 g/mol. The Morgan fingerprint density at radius 2 is 1.89 bits per heavy atom. The maximum atomic E-state index is 5.38. The van der Waals surface area contributed by atoms with E-state index in [1.165, 1.54) is 5.69 Å². The lowest BCUT2D eigenvalue weighted by atomic mass is 10.2. The van der Waals surface area contributed by atoms with Crippen molar-refractivity contribution in [2.75, 3.05) is 44.1 Å². The number of ether oxygens (including phenoxy) is 2. The zero-order chi connectivity index (χ0) is 19.8. The van der Waals surface area contributed by atoms with Gasteiger partial charge in [0.25, 0.3) is 0 Å². The molecule has 0 aliphatic carbocycles. The lowest BCUT2D eigenvalue weighted by molar-refractivity contribution is 0.403. The van der Waals surface area contributed by atoms with Gasteiger partial charge in [-0.15, -0.1) is 0 Å². The van der Waals surface area contributed by atoms with Gasteiger partial charge >= 0.3 is 6.01 Å². The van der Waals surface area contributed by atoms with Gasteiger partial charge in [-0.05, 0) is 43.7 Å². The number of hydrogen-bond acceptors (Lipinski definition) is 7. The molecule has 2 aromatic carbocycles. The number of rotatable bonds is 10. The highest BCUT2D eigenvalue weighted by Gasteiger charge is 2.14. The minimum atomic E-state index is 0.391. The molecule has 0 saturated carbocycles. The van der Waals surface area contributed by atoms with Crippen molar-refractivity contribution in [1.29, 1.82) is 0 Å². The van der Waals surface area contributed by atoms with Crippen molar-refractivity contribution in [1.82, 2.24) is 10.1 Å². The summed E-state index contributed by atoms with van der Waals surface area (Å²) in [6.07, 6.45) is 0.947. The Hall–Kier alpha value is -3.22. The van der Waals surface area contributed by atoms with Crippen molar-refractivity contribution >= 4 is 11.7 Å². The molecule has 0 saturated heterocycles. The molecule has 0 atom stereocenters. The normalized spacial score (nSPS) is 10.5. The first-order chi connectivity index (χ1) is 13.7. The van der Waals surface area contributed by atoms with Crippen LogP contribution in [0.4, 0.5) is 11.7 Å². The summed E-state index contributed by atoms with van der Waals surface area (Å²) >= 11 is 0. The molecule has 0 bridgehead atoms. The number of benzene rings is 2. The molecule has 28 heavy (non-hydrogen) atoms. The van der Waals surface area contributed by atoms with Crippen LogP contribution in [0.15, 0.2) is 53.1 Å². The van der Waals surface area contributed by atoms with E-state index < -0.39 is 0 Å². The van der Waals surface area contributed by atoms with E-state index in [1.54, 1.807) is 14.2 Å². The zero-order valence-electron chi connectivity index (χ0n) is 16.5. The van der Waals surface area contributed by atoms with Crippen molar-refractivity contribution < 1.29 is 14.0 Å². The van der Waals surface area contributed by atoms with E-state index in [-0.39, 0.29) is 0 Å². The summed E-state index contributed by atoms with van der Waals surface area (Å²) in [6, 6.07) is 16.3. The summed E-state index contributed by atoms with van der Waals surface area (Å²) in [5, 5.41) is 7.25. The van der Waals surface area contributed by atoms with Crippen LogP contribution >= 0.6 is 0 Å². The molecule has 0 spiro atoms. The third-order valence-electron chi connectivity index (χ3n) is 4.46. The van der Waals surface area contributed by atoms with Gasteiger partial charge in [0, 0.05) is 25.3 Å². The van der Waals surface area contributed by atoms with E-state index in [4.69, 9.17) is 14.0 Å². The Morgan fingerprint density at radius 1 is 1.07 bits per heavy atom. The fraction of sp³-hybridized carbons (Fsp3) is 0.333. The van der Waals surface area contributed by atoms with Crippen LogP contribution in [0.1, 0.15) is 13.3 Å². The molecule has 148 valence electrons. The Labute approximate surface area is 165 Å². The zero-order valence-corrected chi connectivity index (χ0v) is 16.5. The number of aromatic nitrogens is 2. The summed E-state index contributed by atoms with van der Waals surface area (Å²) in [5.74, 6) is 1.82. The third-order valence-corrected chi connectivity index (χ3v) is 4.46. The van der Waals surface area contributed by atoms with E-state index in [1.807, 2.05) is 24.3 Å². The smallest absolute Gasteiger partial charge is 0.321 e. The molecule has 0 radical (unpaired) electrons. The summed E-state index contributed by atoms with van der Waals surface area (Å²) < 4.78 is 16.0. The Kier molecular flexibility index (Phi) is 6.73. The van der Waals surface area contributed by atoms with Crippen molar-refractivity contribution in [3.05, 3.63) is 48.5 Å². The average molecular weight is 382 g/mol. The van der Waals surface area contributed by atoms with Crippen molar-refractivity contribution in [2.24, 2.45) is 0 Å². The van der Waals surface area contributed by atoms with Crippen LogP contribution in [-0.2, 0) is 0 Å². The van der Waals surface area contributed by atoms with Gasteiger partial charge in [-0.25, -0.2) is 0 Å². The van der Waals surface area contributed by atoms with Gasteiger partial charge in [0.05, 0.1) is 19.8 Å². The van der Waals surface area contributed by atoms with Gasteiger partial charge in [0.2, 0.25) is 5.82 Å². The molecule has 7 nitrogen and oxygen atoms in total. The number of para-hydroxylation sites is 1. The number of anilines is 2. The molecule has 0 aliphatic heterocycles. The highest BCUT2D eigenvalue weighted by atomic mass is 16.5. The van der Waals surface area contributed by atoms with Crippen LogP contribution in [0.3, 0.4) is 0 Å². The number of hydrogen-bond donors (Lipinski definition) is 1. The molecule has 0 aliphatic rings. The fourth-order valence-electron chi connectivity index (χ4n) is 2.97. The van der Waals surface area contributed by atoms with Gasteiger partial charge in [-0.2, -0.15) is 4.98 Å². The van der Waals surface area contributed by atoms with E-state index >= 15 is 0 Å². The maximum absolute atomic E-state index is 5.38. The molecule has 1 heterocycles. The van der Waals surface area contributed by atoms with Gasteiger partial charge in [0.15, 0.2) is 0 Å². The summed E-state index contributed by atoms with van der Waals surface area (Å²) in [4.78, 5) is 6.76. The first kappa shape index (κ1) is 19.5. The van der Waals surface area contributed by atoms with E-state index in [9.17, 15) is 0 Å². The second-order valence-electron chi connectivity index (χ2n) is 6.18. The second kappa shape index (κ2) is 9.64. The SMILES string of the molecule is CCN(CCCNc1nc(-c2cc(OC)ccc2OC)no1)c1ccccc1. The Morgan fingerprint density at radius 3 is 2.61 bits per heavy atom. The first-order valence-corrected chi connectivity index (χ1v) is 9.35. The van der Waals surface area contributed by atoms with E-state index in [2.05, 4.69) is 51.5 Å². The van der Waals surface area contributed by atoms with Crippen molar-refractivity contribution in [2.45, 2.75) is 13.3 Å². The van der Waals surface area contributed by atoms with E-state index in [0.29, 0.717) is 23.3 Å². The number of methoxy groups -OCH3 is 2. The molecule has 0 fully saturated rings. The van der Waals surface area contributed by atoms with E-state index in [0.717, 1.165) is 31.6 Å². The molecule has 1 N–H and O–H groups in total. The van der Waals surface area contributed by atoms with Gasteiger partial charge in [-0.3, -0.25) is 0 Å². The predicted molar refractivity (Wildman–Crippen MR) is 110 cm³/mol. The standard InChI is InChI=1S/C21H26N4O3/c1-4-25(16-9-6-5-7-10-16)14-8-13-22-21-23-20(24-28-21)18-15-17(26-2)11-12-19(18)27-3/h5-7,9-12,15H,4,8,13-14H2,1-3H3,(H,22,23,24). The molecular weight excluding hydrogens is 356 g/mol. The largest absolute Gasteiger partial charge is 0.497 e. The van der Waals surface area contributed by atoms with Crippen LogP contribution < -0.4 is 19.7 Å². The van der Waals surface area contributed by atoms with Gasteiger partial charge in [0.1, 0.15) is 11.5 Å². The first-order valence-electron chi connectivity index (χ1n) is 9.35. The summed E-state index contributed by atoms with van der Waals surface area (Å²) in [5.41, 5.74) is 1.95. The maximum Gasteiger partial charge on any atom is 0.321 e. The molecule has 7 heteroatoms. The summed E-state index contributed by atoms with van der Waals surface area (Å²) in [6.45, 7) is 4.80. The minimum absolute atomic E-state index is 0.391. The molecule has 1 aromatic heterocycles.